The Hall–Kier alpha value is -0.310. The van der Waals surface area contributed by atoms with Crippen molar-refractivity contribution in [2.24, 2.45) is 5.14 Å². The van der Waals surface area contributed by atoms with Crippen LogP contribution in [-0.2, 0) is 15.0 Å². The summed E-state index contributed by atoms with van der Waals surface area (Å²) in [5, 5.41) is 13.2. The maximum Gasteiger partial charge on any atom is 0.321 e. The average Bonchev–Trinajstić information content (AvgIpc) is 1.95. The van der Waals surface area contributed by atoms with Crippen LogP contribution in [0.1, 0.15) is 6.42 Å². The van der Waals surface area contributed by atoms with Gasteiger partial charge in [-0.3, -0.25) is 4.79 Å². The van der Waals surface area contributed by atoms with E-state index in [4.69, 9.17) is 5.11 Å². The molecule has 78 valence electrons. The van der Waals surface area contributed by atoms with Crippen molar-refractivity contribution in [3.8, 4) is 0 Å². The van der Waals surface area contributed by atoms with E-state index in [-0.39, 0.29) is 6.42 Å². The molecule has 13 heavy (non-hydrogen) atoms. The Kier molecular flexibility index (Phi) is 5.30. The fraction of sp³-hybridized carbons (Fsp3) is 0.800. The minimum Gasteiger partial charge on any atom is -0.480 e. The number of carboxylic acids is 1. The van der Waals surface area contributed by atoms with Crippen LogP contribution in [0.3, 0.4) is 0 Å². The molecule has 0 aromatic rings. The average molecular weight is 228 g/mol. The van der Waals surface area contributed by atoms with Gasteiger partial charge in [-0.2, -0.15) is 24.9 Å². The van der Waals surface area contributed by atoms with Crippen LogP contribution >= 0.6 is 11.8 Å². The lowest BCUT2D eigenvalue weighted by atomic mass is 10.2. The highest BCUT2D eigenvalue weighted by atomic mass is 32.2. The lowest BCUT2D eigenvalue weighted by molar-refractivity contribution is -0.139. The van der Waals surface area contributed by atoms with E-state index in [9.17, 15) is 13.2 Å². The molecule has 0 amide bonds. The second-order valence-corrected chi connectivity index (χ2v) is 4.65. The molecule has 0 bridgehead atoms. The molecular formula is C5H12N2O4S2. The molecule has 0 aliphatic heterocycles. The second-order valence-electron chi connectivity index (χ2n) is 2.34. The number of thioether (sulfide) groups is 1. The fourth-order valence-corrected chi connectivity index (χ4v) is 1.75. The first-order valence-electron chi connectivity index (χ1n) is 3.38. The molecule has 0 rings (SSSR count). The van der Waals surface area contributed by atoms with Gasteiger partial charge in [-0.05, 0) is 18.4 Å². The van der Waals surface area contributed by atoms with Crippen molar-refractivity contribution in [1.29, 1.82) is 0 Å². The molecule has 0 aliphatic carbocycles. The normalized spacial score (nSPS) is 14.0. The molecule has 0 spiro atoms. The summed E-state index contributed by atoms with van der Waals surface area (Å²) < 4.78 is 22.8. The number of hydrogen-bond acceptors (Lipinski definition) is 4. The summed E-state index contributed by atoms with van der Waals surface area (Å²) in [4.78, 5) is 10.5. The Morgan fingerprint density at radius 3 is 2.54 bits per heavy atom. The first kappa shape index (κ1) is 12.7. The smallest absolute Gasteiger partial charge is 0.321 e. The van der Waals surface area contributed by atoms with Gasteiger partial charge in [-0.1, -0.05) is 0 Å². The molecule has 8 heteroatoms. The van der Waals surface area contributed by atoms with E-state index in [2.05, 4.69) is 5.14 Å². The lowest BCUT2D eigenvalue weighted by Crippen LogP contribution is -2.44. The molecule has 0 heterocycles. The summed E-state index contributed by atoms with van der Waals surface area (Å²) in [6.07, 6.45) is 2.02. The van der Waals surface area contributed by atoms with Crippen molar-refractivity contribution in [1.82, 2.24) is 4.72 Å². The van der Waals surface area contributed by atoms with Gasteiger partial charge in [0.25, 0.3) is 10.2 Å². The minimum absolute atomic E-state index is 0.215. The summed E-state index contributed by atoms with van der Waals surface area (Å²) in [6.45, 7) is 0. The Labute approximate surface area is 81.1 Å². The third kappa shape index (κ3) is 6.82. The van der Waals surface area contributed by atoms with Crippen molar-refractivity contribution in [3.05, 3.63) is 0 Å². The summed E-state index contributed by atoms with van der Waals surface area (Å²) in [5.74, 6) is -0.664. The molecule has 0 fully saturated rings. The van der Waals surface area contributed by atoms with E-state index in [1.807, 2.05) is 4.72 Å². The van der Waals surface area contributed by atoms with Crippen LogP contribution in [-0.4, -0.2) is 37.5 Å². The predicted octanol–water partition coefficient (Wildman–Crippen LogP) is -1.01. The Morgan fingerprint density at radius 1 is 1.69 bits per heavy atom. The predicted molar refractivity (Wildman–Crippen MR) is 50.7 cm³/mol. The summed E-state index contributed by atoms with van der Waals surface area (Å²) >= 11 is 1.43. The van der Waals surface area contributed by atoms with Gasteiger partial charge in [0.1, 0.15) is 6.04 Å². The molecular weight excluding hydrogens is 216 g/mol. The van der Waals surface area contributed by atoms with Gasteiger partial charge in [0.05, 0.1) is 0 Å². The second kappa shape index (κ2) is 5.43. The van der Waals surface area contributed by atoms with Crippen LogP contribution in [0.4, 0.5) is 0 Å². The van der Waals surface area contributed by atoms with Crippen LogP contribution in [0.2, 0.25) is 0 Å². The highest BCUT2D eigenvalue weighted by Gasteiger charge is 2.20. The van der Waals surface area contributed by atoms with Crippen molar-refractivity contribution in [2.75, 3.05) is 12.0 Å². The van der Waals surface area contributed by atoms with Crippen LogP contribution in [0.5, 0.6) is 0 Å². The third-order valence-corrected chi connectivity index (χ3v) is 2.47. The Balaban J connectivity index is 4.19. The first-order valence-corrected chi connectivity index (χ1v) is 6.32. The summed E-state index contributed by atoms with van der Waals surface area (Å²) in [7, 11) is -3.94. The van der Waals surface area contributed by atoms with E-state index < -0.39 is 22.2 Å². The van der Waals surface area contributed by atoms with Gasteiger partial charge in [0.2, 0.25) is 0 Å². The van der Waals surface area contributed by atoms with Gasteiger partial charge in [0.15, 0.2) is 0 Å². The van der Waals surface area contributed by atoms with Gasteiger partial charge >= 0.3 is 5.97 Å². The lowest BCUT2D eigenvalue weighted by Gasteiger charge is -2.11. The zero-order chi connectivity index (χ0) is 10.5. The van der Waals surface area contributed by atoms with E-state index in [0.29, 0.717) is 5.75 Å². The standard InChI is InChI=1S/C5H12N2O4S2/c1-12-3-2-4(5(8)9)7-13(6,10)11/h4,7H,2-3H2,1H3,(H,8,9)(H2,6,10,11). The van der Waals surface area contributed by atoms with Crippen molar-refractivity contribution in [2.45, 2.75) is 12.5 Å². The molecule has 0 aromatic heterocycles. The van der Waals surface area contributed by atoms with Crippen LogP contribution in [0, 0.1) is 0 Å². The summed E-state index contributed by atoms with van der Waals surface area (Å²) in [5.41, 5.74) is 0. The van der Waals surface area contributed by atoms with E-state index in [1.54, 1.807) is 6.26 Å². The number of hydrogen-bond donors (Lipinski definition) is 3. The maximum atomic E-state index is 10.5. The molecule has 0 saturated carbocycles. The molecule has 0 aromatic carbocycles. The maximum absolute atomic E-state index is 10.5. The monoisotopic (exact) mass is 228 g/mol. The third-order valence-electron chi connectivity index (χ3n) is 1.22. The number of nitrogens with two attached hydrogens (primary N) is 1. The molecule has 1 unspecified atom stereocenters. The molecule has 1 atom stereocenters. The number of carboxylic acid groups (broad SMARTS) is 1. The molecule has 4 N–H and O–H groups in total. The quantitative estimate of drug-likeness (QED) is 0.539. The number of nitrogens with one attached hydrogen (secondary N) is 1. The van der Waals surface area contributed by atoms with Crippen molar-refractivity contribution in [3.63, 3.8) is 0 Å². The molecule has 6 nitrogen and oxygen atoms in total. The highest BCUT2D eigenvalue weighted by molar-refractivity contribution is 7.98. The SMILES string of the molecule is CSCCC(NS(N)(=O)=O)C(=O)O. The van der Waals surface area contributed by atoms with Crippen LogP contribution < -0.4 is 9.86 Å². The van der Waals surface area contributed by atoms with Gasteiger partial charge in [0, 0.05) is 0 Å². The zero-order valence-corrected chi connectivity index (χ0v) is 8.69. The minimum atomic E-state index is -3.94. The first-order chi connectivity index (χ1) is 5.87. The van der Waals surface area contributed by atoms with E-state index >= 15 is 0 Å². The van der Waals surface area contributed by atoms with Crippen LogP contribution in [0.15, 0.2) is 0 Å². The fourth-order valence-electron chi connectivity index (χ4n) is 0.667. The van der Waals surface area contributed by atoms with Gasteiger partial charge in [-0.25, -0.2) is 5.14 Å². The van der Waals surface area contributed by atoms with Crippen LogP contribution in [0.25, 0.3) is 0 Å². The van der Waals surface area contributed by atoms with E-state index in [1.165, 1.54) is 11.8 Å². The van der Waals surface area contributed by atoms with Gasteiger partial charge in [-0.15, -0.1) is 0 Å². The summed E-state index contributed by atoms with van der Waals surface area (Å²) in [6, 6.07) is -1.14. The number of aliphatic carboxylic acids is 1. The molecule has 0 saturated heterocycles. The molecule has 0 aliphatic rings. The highest BCUT2D eigenvalue weighted by Crippen LogP contribution is 2.01. The number of rotatable bonds is 6. The van der Waals surface area contributed by atoms with Crippen molar-refractivity contribution >= 4 is 27.9 Å². The largest absolute Gasteiger partial charge is 0.480 e. The van der Waals surface area contributed by atoms with Crippen molar-refractivity contribution < 1.29 is 18.3 Å². The topological polar surface area (TPSA) is 109 Å². The Morgan fingerprint density at radius 2 is 2.23 bits per heavy atom. The zero-order valence-electron chi connectivity index (χ0n) is 7.06. The Bertz CT molecular complexity index is 264. The number of carbonyl (C=O) groups is 1. The van der Waals surface area contributed by atoms with Gasteiger partial charge < -0.3 is 5.11 Å². The van der Waals surface area contributed by atoms with E-state index in [0.717, 1.165) is 0 Å². The molecule has 0 radical (unpaired) electrons.